The molecule has 0 spiro atoms. The van der Waals surface area contributed by atoms with Gasteiger partial charge in [0.2, 0.25) is 0 Å². The normalized spacial score (nSPS) is 11.5. The molecule has 114 valence electrons. The molecule has 0 aromatic heterocycles. The van der Waals surface area contributed by atoms with Gasteiger partial charge in [-0.25, -0.2) is 4.39 Å². The minimum atomic E-state index is -0.399. The van der Waals surface area contributed by atoms with Crippen LogP contribution in [0.5, 0.6) is 11.5 Å². The molecule has 0 radical (unpaired) electrons. The molecule has 22 heavy (non-hydrogen) atoms. The Bertz CT molecular complexity index is 679. The van der Waals surface area contributed by atoms with Gasteiger partial charge in [-0.3, -0.25) is 0 Å². The van der Waals surface area contributed by atoms with Crippen LogP contribution in [0.2, 0.25) is 0 Å². The lowest BCUT2D eigenvalue weighted by atomic mass is 9.95. The second kappa shape index (κ2) is 7.46. The molecule has 0 saturated carbocycles. The molecule has 0 bridgehead atoms. The van der Waals surface area contributed by atoms with E-state index in [1.165, 1.54) is 6.07 Å². The van der Waals surface area contributed by atoms with Gasteiger partial charge in [0.25, 0.3) is 0 Å². The van der Waals surface area contributed by atoms with Gasteiger partial charge in [0.05, 0.1) is 25.7 Å². The lowest BCUT2D eigenvalue weighted by Gasteiger charge is -2.15. The summed E-state index contributed by atoms with van der Waals surface area (Å²) in [6.45, 7) is 2.23. The first-order chi connectivity index (χ1) is 10.7. The largest absolute Gasteiger partial charge is 0.496 e. The molecule has 0 aliphatic rings. The van der Waals surface area contributed by atoms with Crippen LogP contribution in [0.15, 0.2) is 42.5 Å². The summed E-state index contributed by atoms with van der Waals surface area (Å²) >= 11 is 0. The van der Waals surface area contributed by atoms with Crippen LogP contribution in [0, 0.1) is 24.1 Å². The number of ether oxygens (including phenoxy) is 2. The summed E-state index contributed by atoms with van der Waals surface area (Å²) in [5, 5.41) is 9.41. The number of para-hydroxylation sites is 1. The second-order valence-electron chi connectivity index (χ2n) is 4.99. The van der Waals surface area contributed by atoms with Crippen molar-refractivity contribution in [2.24, 2.45) is 0 Å². The highest BCUT2D eigenvalue weighted by atomic mass is 19.1. The van der Waals surface area contributed by atoms with Crippen LogP contribution in [0.25, 0.3) is 0 Å². The molecule has 0 amide bonds. The molecule has 2 rings (SSSR count). The summed E-state index contributed by atoms with van der Waals surface area (Å²) in [6.07, 6.45) is 0.463. The predicted octanol–water partition coefficient (Wildman–Crippen LogP) is 4.22. The van der Waals surface area contributed by atoms with Crippen molar-refractivity contribution in [1.82, 2.24) is 0 Å². The number of halogens is 1. The Kier molecular flexibility index (Phi) is 5.37. The fraction of sp³-hybridized carbons (Fsp3) is 0.278. The van der Waals surface area contributed by atoms with Crippen molar-refractivity contribution in [3.63, 3.8) is 0 Å². The molecule has 3 nitrogen and oxygen atoms in total. The number of nitrogens with zero attached hydrogens (tertiary/aromatic N) is 1. The SMILES string of the molecule is COc1ccc(C)cc1C(C#N)CCOc1ccccc1F. The van der Waals surface area contributed by atoms with Crippen LogP contribution in [0.4, 0.5) is 4.39 Å². The Morgan fingerprint density at radius 3 is 2.64 bits per heavy atom. The number of rotatable bonds is 6. The fourth-order valence-electron chi connectivity index (χ4n) is 2.26. The molecule has 0 N–H and O–H groups in total. The zero-order chi connectivity index (χ0) is 15.9. The Hall–Kier alpha value is -2.54. The molecule has 0 aliphatic carbocycles. The van der Waals surface area contributed by atoms with Crippen molar-refractivity contribution in [3.05, 3.63) is 59.4 Å². The monoisotopic (exact) mass is 299 g/mol. The van der Waals surface area contributed by atoms with E-state index >= 15 is 0 Å². The van der Waals surface area contributed by atoms with Gasteiger partial charge in [-0.15, -0.1) is 0 Å². The van der Waals surface area contributed by atoms with Crippen LogP contribution >= 0.6 is 0 Å². The maximum absolute atomic E-state index is 13.5. The molecular formula is C18H18FNO2. The minimum absolute atomic E-state index is 0.204. The maximum atomic E-state index is 13.5. The molecule has 0 fully saturated rings. The van der Waals surface area contributed by atoms with Gasteiger partial charge < -0.3 is 9.47 Å². The lowest BCUT2D eigenvalue weighted by Crippen LogP contribution is -2.07. The third kappa shape index (κ3) is 3.76. The van der Waals surface area contributed by atoms with E-state index in [9.17, 15) is 9.65 Å². The number of methoxy groups -OCH3 is 1. The van der Waals surface area contributed by atoms with E-state index in [-0.39, 0.29) is 18.3 Å². The Morgan fingerprint density at radius 2 is 1.95 bits per heavy atom. The molecule has 2 aromatic rings. The molecule has 2 aromatic carbocycles. The van der Waals surface area contributed by atoms with E-state index in [2.05, 4.69) is 6.07 Å². The third-order valence-electron chi connectivity index (χ3n) is 3.42. The van der Waals surface area contributed by atoms with Crippen LogP contribution in [0.3, 0.4) is 0 Å². The summed E-state index contributed by atoms with van der Waals surface area (Å²) in [6, 6.07) is 14.2. The number of benzene rings is 2. The summed E-state index contributed by atoms with van der Waals surface area (Å²) in [7, 11) is 1.58. The van der Waals surface area contributed by atoms with Gasteiger partial charge in [0.15, 0.2) is 11.6 Å². The zero-order valence-electron chi connectivity index (χ0n) is 12.7. The molecule has 0 saturated heterocycles. The van der Waals surface area contributed by atoms with E-state index in [0.717, 1.165) is 11.1 Å². The number of aryl methyl sites for hydroxylation is 1. The van der Waals surface area contributed by atoms with Gasteiger partial charge in [0, 0.05) is 12.0 Å². The van der Waals surface area contributed by atoms with Crippen molar-refractivity contribution in [1.29, 1.82) is 5.26 Å². The summed E-state index contributed by atoms with van der Waals surface area (Å²) in [4.78, 5) is 0. The zero-order valence-corrected chi connectivity index (χ0v) is 12.7. The average Bonchev–Trinajstić information content (AvgIpc) is 2.53. The first kappa shape index (κ1) is 15.8. The van der Waals surface area contributed by atoms with Crippen molar-refractivity contribution < 1.29 is 13.9 Å². The highest BCUT2D eigenvalue weighted by Gasteiger charge is 2.16. The van der Waals surface area contributed by atoms with Crippen molar-refractivity contribution in [3.8, 4) is 17.6 Å². The van der Waals surface area contributed by atoms with E-state index in [0.29, 0.717) is 12.2 Å². The molecular weight excluding hydrogens is 281 g/mol. The van der Waals surface area contributed by atoms with Gasteiger partial charge in [-0.1, -0.05) is 29.8 Å². The average molecular weight is 299 g/mol. The first-order valence-corrected chi connectivity index (χ1v) is 7.07. The molecule has 1 atom stereocenters. The smallest absolute Gasteiger partial charge is 0.165 e. The van der Waals surface area contributed by atoms with Crippen LogP contribution < -0.4 is 9.47 Å². The molecule has 0 heterocycles. The predicted molar refractivity (Wildman–Crippen MR) is 82.6 cm³/mol. The first-order valence-electron chi connectivity index (χ1n) is 7.07. The van der Waals surface area contributed by atoms with Crippen LogP contribution in [0.1, 0.15) is 23.5 Å². The van der Waals surface area contributed by atoms with Gasteiger partial charge in [-0.2, -0.15) is 5.26 Å². The quantitative estimate of drug-likeness (QED) is 0.802. The van der Waals surface area contributed by atoms with E-state index in [4.69, 9.17) is 9.47 Å². The molecule has 0 aliphatic heterocycles. The Balaban J connectivity index is 2.06. The minimum Gasteiger partial charge on any atom is -0.496 e. The van der Waals surface area contributed by atoms with Crippen molar-refractivity contribution in [2.45, 2.75) is 19.3 Å². The van der Waals surface area contributed by atoms with E-state index < -0.39 is 5.82 Å². The summed E-state index contributed by atoms with van der Waals surface area (Å²) in [5.41, 5.74) is 1.90. The maximum Gasteiger partial charge on any atom is 0.165 e. The Labute approximate surface area is 129 Å². The number of nitriles is 1. The van der Waals surface area contributed by atoms with Crippen molar-refractivity contribution in [2.75, 3.05) is 13.7 Å². The van der Waals surface area contributed by atoms with E-state index in [1.807, 2.05) is 25.1 Å². The van der Waals surface area contributed by atoms with Gasteiger partial charge >= 0.3 is 0 Å². The number of hydrogen-bond donors (Lipinski definition) is 0. The lowest BCUT2D eigenvalue weighted by molar-refractivity contribution is 0.290. The van der Waals surface area contributed by atoms with Gasteiger partial charge in [-0.05, 0) is 25.1 Å². The Morgan fingerprint density at radius 1 is 1.18 bits per heavy atom. The summed E-state index contributed by atoms with van der Waals surface area (Å²) in [5.74, 6) is 0.129. The summed E-state index contributed by atoms with van der Waals surface area (Å²) < 4.78 is 24.2. The van der Waals surface area contributed by atoms with Crippen LogP contribution in [-0.4, -0.2) is 13.7 Å². The molecule has 4 heteroatoms. The molecule has 1 unspecified atom stereocenters. The number of hydrogen-bond acceptors (Lipinski definition) is 3. The fourth-order valence-corrected chi connectivity index (χ4v) is 2.26. The highest BCUT2D eigenvalue weighted by Crippen LogP contribution is 2.30. The van der Waals surface area contributed by atoms with Gasteiger partial charge in [0.1, 0.15) is 5.75 Å². The third-order valence-corrected chi connectivity index (χ3v) is 3.42. The second-order valence-corrected chi connectivity index (χ2v) is 4.99. The van der Waals surface area contributed by atoms with Crippen LogP contribution in [-0.2, 0) is 0 Å². The topological polar surface area (TPSA) is 42.2 Å². The standard InChI is InChI=1S/C18H18FNO2/c1-13-7-8-17(21-2)15(11-13)14(12-20)9-10-22-18-6-4-3-5-16(18)19/h3-8,11,14H,9-10H2,1-2H3. The highest BCUT2D eigenvalue weighted by molar-refractivity contribution is 5.41. The van der Waals surface area contributed by atoms with Crippen molar-refractivity contribution >= 4 is 0 Å². The van der Waals surface area contributed by atoms with E-state index in [1.54, 1.807) is 25.3 Å².